The van der Waals surface area contributed by atoms with Crippen molar-refractivity contribution < 1.29 is 4.79 Å². The highest BCUT2D eigenvalue weighted by Gasteiger charge is 2.20. The number of fused-ring (bicyclic) bond motifs is 1. The van der Waals surface area contributed by atoms with Crippen LogP contribution in [0.1, 0.15) is 25.6 Å². The summed E-state index contributed by atoms with van der Waals surface area (Å²) in [5.41, 5.74) is 8.46. The lowest BCUT2D eigenvalue weighted by Crippen LogP contribution is -2.43. The van der Waals surface area contributed by atoms with Crippen molar-refractivity contribution in [1.29, 1.82) is 0 Å². The van der Waals surface area contributed by atoms with Crippen LogP contribution in [0.3, 0.4) is 0 Å². The maximum absolute atomic E-state index is 11.1. The number of carbonyl (C=O) groups is 1. The zero-order valence-corrected chi connectivity index (χ0v) is 12.2. The van der Waals surface area contributed by atoms with Gasteiger partial charge in [-0.3, -0.25) is 9.69 Å². The SMILES string of the molecule is CC(=O)NC1CCN(Cc2nc3ccc(N)cc3[nH]2)CC1. The van der Waals surface area contributed by atoms with E-state index in [0.29, 0.717) is 6.04 Å². The number of imidazole rings is 1. The van der Waals surface area contributed by atoms with E-state index < -0.39 is 0 Å². The Morgan fingerprint density at radius 2 is 2.24 bits per heavy atom. The van der Waals surface area contributed by atoms with Crippen LogP contribution in [0.2, 0.25) is 0 Å². The molecule has 1 aromatic carbocycles. The molecule has 0 radical (unpaired) electrons. The minimum Gasteiger partial charge on any atom is -0.399 e. The van der Waals surface area contributed by atoms with Crippen molar-refractivity contribution >= 4 is 22.6 Å². The summed E-state index contributed by atoms with van der Waals surface area (Å²) in [5.74, 6) is 1.02. The summed E-state index contributed by atoms with van der Waals surface area (Å²) in [5, 5.41) is 2.99. The Bertz CT molecular complexity index is 643. The number of H-pyrrole nitrogens is 1. The van der Waals surface area contributed by atoms with Crippen molar-refractivity contribution in [2.75, 3.05) is 18.8 Å². The molecule has 0 atom stereocenters. The van der Waals surface area contributed by atoms with E-state index in [-0.39, 0.29) is 5.91 Å². The molecule has 0 unspecified atom stereocenters. The Hall–Kier alpha value is -2.08. The van der Waals surface area contributed by atoms with E-state index in [9.17, 15) is 4.79 Å². The first-order valence-corrected chi connectivity index (χ1v) is 7.34. The number of nitrogen functional groups attached to an aromatic ring is 1. The molecule has 4 N–H and O–H groups in total. The average Bonchev–Trinajstić information content (AvgIpc) is 2.82. The lowest BCUT2D eigenvalue weighted by molar-refractivity contribution is -0.119. The Morgan fingerprint density at radius 3 is 2.95 bits per heavy atom. The fourth-order valence-corrected chi connectivity index (χ4v) is 2.89. The Labute approximate surface area is 123 Å². The van der Waals surface area contributed by atoms with E-state index >= 15 is 0 Å². The number of aromatic nitrogens is 2. The van der Waals surface area contributed by atoms with Crippen LogP contribution >= 0.6 is 0 Å². The fourth-order valence-electron chi connectivity index (χ4n) is 2.89. The topological polar surface area (TPSA) is 87.0 Å². The highest BCUT2D eigenvalue weighted by atomic mass is 16.1. The molecule has 0 spiro atoms. The van der Waals surface area contributed by atoms with Crippen LogP contribution in [0.5, 0.6) is 0 Å². The second kappa shape index (κ2) is 5.73. The predicted molar refractivity (Wildman–Crippen MR) is 82.6 cm³/mol. The summed E-state index contributed by atoms with van der Waals surface area (Å²) in [6, 6.07) is 6.03. The molecule has 1 aliphatic heterocycles. The van der Waals surface area contributed by atoms with Crippen LogP contribution in [0.25, 0.3) is 11.0 Å². The normalized spacial score (nSPS) is 17.2. The zero-order valence-electron chi connectivity index (χ0n) is 12.2. The summed E-state index contributed by atoms with van der Waals surface area (Å²) in [7, 11) is 0. The van der Waals surface area contributed by atoms with E-state index in [0.717, 1.165) is 55.0 Å². The number of piperidine rings is 1. The lowest BCUT2D eigenvalue weighted by atomic mass is 10.1. The van der Waals surface area contributed by atoms with E-state index in [4.69, 9.17) is 5.73 Å². The molecule has 21 heavy (non-hydrogen) atoms. The van der Waals surface area contributed by atoms with Crippen LogP contribution < -0.4 is 11.1 Å². The number of hydrogen-bond donors (Lipinski definition) is 3. The number of hydrogen-bond acceptors (Lipinski definition) is 4. The summed E-state index contributed by atoms with van der Waals surface area (Å²) >= 11 is 0. The monoisotopic (exact) mass is 287 g/mol. The largest absolute Gasteiger partial charge is 0.399 e. The molecule has 2 aromatic rings. The van der Waals surface area contributed by atoms with E-state index in [2.05, 4.69) is 20.2 Å². The Kier molecular flexibility index (Phi) is 3.79. The van der Waals surface area contributed by atoms with Gasteiger partial charge in [0.1, 0.15) is 5.82 Å². The number of nitrogens with one attached hydrogen (secondary N) is 2. The maximum Gasteiger partial charge on any atom is 0.217 e. The van der Waals surface area contributed by atoms with Gasteiger partial charge in [0.15, 0.2) is 0 Å². The van der Waals surface area contributed by atoms with Gasteiger partial charge in [-0.05, 0) is 31.0 Å². The molecule has 6 heteroatoms. The average molecular weight is 287 g/mol. The van der Waals surface area contributed by atoms with Gasteiger partial charge in [0, 0.05) is 31.7 Å². The Morgan fingerprint density at radius 1 is 1.48 bits per heavy atom. The van der Waals surface area contributed by atoms with E-state index in [1.165, 1.54) is 0 Å². The van der Waals surface area contributed by atoms with Crippen molar-refractivity contribution in [1.82, 2.24) is 20.2 Å². The van der Waals surface area contributed by atoms with Gasteiger partial charge in [-0.15, -0.1) is 0 Å². The molecule has 1 aliphatic rings. The van der Waals surface area contributed by atoms with Crippen molar-refractivity contribution in [2.45, 2.75) is 32.4 Å². The third-order valence-corrected chi connectivity index (χ3v) is 3.92. The molecule has 0 bridgehead atoms. The van der Waals surface area contributed by atoms with Gasteiger partial charge < -0.3 is 16.0 Å². The van der Waals surface area contributed by atoms with Crippen molar-refractivity contribution in [2.24, 2.45) is 0 Å². The van der Waals surface area contributed by atoms with Gasteiger partial charge in [-0.2, -0.15) is 0 Å². The number of aromatic amines is 1. The first-order chi connectivity index (χ1) is 10.1. The van der Waals surface area contributed by atoms with Crippen LogP contribution in [0, 0.1) is 0 Å². The van der Waals surface area contributed by atoms with E-state index in [1.807, 2.05) is 18.2 Å². The van der Waals surface area contributed by atoms with Crippen LogP contribution in [-0.4, -0.2) is 39.9 Å². The molecule has 1 aromatic heterocycles. The lowest BCUT2D eigenvalue weighted by Gasteiger charge is -2.31. The van der Waals surface area contributed by atoms with Crippen molar-refractivity contribution in [3.05, 3.63) is 24.0 Å². The fraction of sp³-hybridized carbons (Fsp3) is 0.467. The van der Waals surface area contributed by atoms with Gasteiger partial charge >= 0.3 is 0 Å². The van der Waals surface area contributed by atoms with Crippen LogP contribution in [0.4, 0.5) is 5.69 Å². The molecule has 1 amide bonds. The number of benzene rings is 1. The molecule has 6 nitrogen and oxygen atoms in total. The molecule has 0 saturated carbocycles. The summed E-state index contributed by atoms with van der Waals surface area (Å²) < 4.78 is 0. The number of nitrogens with two attached hydrogens (primary N) is 1. The molecule has 1 saturated heterocycles. The van der Waals surface area contributed by atoms with Gasteiger partial charge in [0.05, 0.1) is 17.6 Å². The summed E-state index contributed by atoms with van der Waals surface area (Å²) in [4.78, 5) is 21.3. The number of amides is 1. The number of likely N-dealkylation sites (tertiary alicyclic amines) is 1. The first kappa shape index (κ1) is 13.9. The smallest absolute Gasteiger partial charge is 0.217 e. The molecule has 1 fully saturated rings. The van der Waals surface area contributed by atoms with Gasteiger partial charge in [-0.25, -0.2) is 4.98 Å². The highest BCUT2D eigenvalue weighted by molar-refractivity contribution is 5.78. The number of anilines is 1. The van der Waals surface area contributed by atoms with Crippen LogP contribution in [-0.2, 0) is 11.3 Å². The zero-order chi connectivity index (χ0) is 14.8. The summed E-state index contributed by atoms with van der Waals surface area (Å²) in [6.45, 7) is 4.34. The molecule has 0 aliphatic carbocycles. The van der Waals surface area contributed by atoms with Crippen molar-refractivity contribution in [3.63, 3.8) is 0 Å². The third kappa shape index (κ3) is 3.33. The molecule has 2 heterocycles. The summed E-state index contributed by atoms with van der Waals surface area (Å²) in [6.07, 6.45) is 1.99. The number of carbonyl (C=O) groups excluding carboxylic acids is 1. The highest BCUT2D eigenvalue weighted by Crippen LogP contribution is 2.17. The minimum atomic E-state index is 0.0586. The number of nitrogens with zero attached hydrogens (tertiary/aromatic N) is 2. The second-order valence-electron chi connectivity index (χ2n) is 5.71. The third-order valence-electron chi connectivity index (χ3n) is 3.92. The minimum absolute atomic E-state index is 0.0586. The van der Waals surface area contributed by atoms with E-state index in [1.54, 1.807) is 6.92 Å². The first-order valence-electron chi connectivity index (χ1n) is 7.34. The van der Waals surface area contributed by atoms with Gasteiger partial charge in [0.25, 0.3) is 0 Å². The van der Waals surface area contributed by atoms with Crippen LogP contribution in [0.15, 0.2) is 18.2 Å². The Balaban J connectivity index is 1.60. The molecule has 112 valence electrons. The number of rotatable bonds is 3. The second-order valence-corrected chi connectivity index (χ2v) is 5.71. The maximum atomic E-state index is 11.1. The standard InChI is InChI=1S/C15H21N5O/c1-10(21)17-12-4-6-20(7-5-12)9-15-18-13-3-2-11(16)8-14(13)19-15/h2-3,8,12H,4-7,9,16H2,1H3,(H,17,21)(H,18,19). The quantitative estimate of drug-likeness (QED) is 0.741. The predicted octanol–water partition coefficient (Wildman–Crippen LogP) is 1.25. The van der Waals surface area contributed by atoms with Gasteiger partial charge in [-0.1, -0.05) is 0 Å². The van der Waals surface area contributed by atoms with Crippen molar-refractivity contribution in [3.8, 4) is 0 Å². The molecular weight excluding hydrogens is 266 g/mol. The molecule has 3 rings (SSSR count). The molecular formula is C15H21N5O. The van der Waals surface area contributed by atoms with Gasteiger partial charge in [0.2, 0.25) is 5.91 Å².